The van der Waals surface area contributed by atoms with E-state index in [0.717, 1.165) is 6.54 Å². The molecule has 4 heteroatoms. The number of ether oxygens (including phenoxy) is 1. The van der Waals surface area contributed by atoms with Gasteiger partial charge in [0.15, 0.2) is 0 Å². The number of rotatable bonds is 8. The second-order valence-electron chi connectivity index (χ2n) is 5.56. The van der Waals surface area contributed by atoms with Crippen molar-refractivity contribution >= 4 is 0 Å². The Balaban J connectivity index is 1.70. The van der Waals surface area contributed by atoms with Gasteiger partial charge in [-0.2, -0.15) is 5.26 Å². The molecule has 1 aliphatic carbocycles. The lowest BCUT2D eigenvalue weighted by Gasteiger charge is -2.17. The molecule has 1 aromatic carbocycles. The number of hydrogen-bond donors (Lipinski definition) is 2. The van der Waals surface area contributed by atoms with Gasteiger partial charge in [-0.3, -0.25) is 0 Å². The van der Waals surface area contributed by atoms with Crippen LogP contribution < -0.4 is 10.1 Å². The molecular weight excluding hydrogens is 252 g/mol. The van der Waals surface area contributed by atoms with E-state index >= 15 is 0 Å². The molecule has 0 aliphatic heterocycles. The fraction of sp³-hybridized carbons (Fsp3) is 0.562. The summed E-state index contributed by atoms with van der Waals surface area (Å²) in [5.41, 5.74) is 0.976. The fourth-order valence-corrected chi connectivity index (χ4v) is 2.27. The summed E-state index contributed by atoms with van der Waals surface area (Å²) in [6.45, 7) is 3.91. The molecule has 1 fully saturated rings. The van der Waals surface area contributed by atoms with E-state index in [9.17, 15) is 5.11 Å². The van der Waals surface area contributed by atoms with Crippen LogP contribution >= 0.6 is 0 Å². The maximum Gasteiger partial charge on any atom is 0.137 e. The van der Waals surface area contributed by atoms with E-state index in [4.69, 9.17) is 10.00 Å². The SMILES string of the molecule is CCC1(CNCC(O)COc2ccccc2C#N)CC1. The molecule has 0 saturated heterocycles. The van der Waals surface area contributed by atoms with Crippen molar-refractivity contribution < 1.29 is 9.84 Å². The normalized spacial score (nSPS) is 17.2. The van der Waals surface area contributed by atoms with Gasteiger partial charge in [0.25, 0.3) is 0 Å². The second-order valence-corrected chi connectivity index (χ2v) is 5.56. The van der Waals surface area contributed by atoms with Gasteiger partial charge >= 0.3 is 0 Å². The number of nitrogens with one attached hydrogen (secondary N) is 1. The van der Waals surface area contributed by atoms with Crippen LogP contribution in [0.5, 0.6) is 5.75 Å². The minimum atomic E-state index is -0.561. The van der Waals surface area contributed by atoms with Crippen LogP contribution in [0.4, 0.5) is 0 Å². The highest BCUT2D eigenvalue weighted by atomic mass is 16.5. The fourth-order valence-electron chi connectivity index (χ4n) is 2.27. The Bertz CT molecular complexity index is 478. The molecule has 2 N–H and O–H groups in total. The topological polar surface area (TPSA) is 65.3 Å². The molecule has 0 aromatic heterocycles. The Kier molecular flexibility index (Phi) is 4.99. The van der Waals surface area contributed by atoms with Crippen LogP contribution in [0.1, 0.15) is 31.7 Å². The van der Waals surface area contributed by atoms with E-state index in [0.29, 0.717) is 23.3 Å². The third-order valence-corrected chi connectivity index (χ3v) is 4.03. The van der Waals surface area contributed by atoms with Crippen molar-refractivity contribution in [1.82, 2.24) is 5.32 Å². The molecule has 2 rings (SSSR count). The van der Waals surface area contributed by atoms with Crippen LogP contribution in [-0.4, -0.2) is 30.9 Å². The zero-order chi connectivity index (χ0) is 14.4. The molecule has 1 atom stereocenters. The summed E-state index contributed by atoms with van der Waals surface area (Å²) < 4.78 is 5.50. The summed E-state index contributed by atoms with van der Waals surface area (Å²) in [5.74, 6) is 0.529. The first-order valence-electron chi connectivity index (χ1n) is 7.20. The number of nitrogens with zero attached hydrogens (tertiary/aromatic N) is 1. The number of aliphatic hydroxyl groups is 1. The third kappa shape index (κ3) is 3.96. The van der Waals surface area contributed by atoms with Crippen molar-refractivity contribution in [3.8, 4) is 11.8 Å². The maximum absolute atomic E-state index is 9.89. The number of benzene rings is 1. The van der Waals surface area contributed by atoms with Crippen molar-refractivity contribution in [2.24, 2.45) is 5.41 Å². The lowest BCUT2D eigenvalue weighted by molar-refractivity contribution is 0.105. The predicted octanol–water partition coefficient (Wildman–Crippen LogP) is 2.08. The zero-order valence-electron chi connectivity index (χ0n) is 11.9. The summed E-state index contributed by atoms with van der Waals surface area (Å²) in [6.07, 6.45) is 3.22. The van der Waals surface area contributed by atoms with E-state index < -0.39 is 6.10 Å². The minimum Gasteiger partial charge on any atom is -0.489 e. The quantitative estimate of drug-likeness (QED) is 0.761. The number of para-hydroxylation sites is 1. The Morgan fingerprint density at radius 3 is 2.85 bits per heavy atom. The lowest BCUT2D eigenvalue weighted by atomic mass is 10.0. The highest BCUT2D eigenvalue weighted by Gasteiger charge is 2.39. The van der Waals surface area contributed by atoms with Gasteiger partial charge in [0.05, 0.1) is 5.56 Å². The smallest absolute Gasteiger partial charge is 0.137 e. The number of hydrogen-bond acceptors (Lipinski definition) is 4. The van der Waals surface area contributed by atoms with Gasteiger partial charge in [-0.05, 0) is 36.8 Å². The van der Waals surface area contributed by atoms with Crippen LogP contribution in [0, 0.1) is 16.7 Å². The Labute approximate surface area is 120 Å². The van der Waals surface area contributed by atoms with Crippen molar-refractivity contribution in [3.05, 3.63) is 29.8 Å². The molecular formula is C16H22N2O2. The molecule has 0 spiro atoms. The lowest BCUT2D eigenvalue weighted by Crippen LogP contribution is -2.34. The van der Waals surface area contributed by atoms with Gasteiger partial charge in [-0.1, -0.05) is 19.1 Å². The molecule has 4 nitrogen and oxygen atoms in total. The highest BCUT2D eigenvalue weighted by molar-refractivity contribution is 5.42. The first kappa shape index (κ1) is 14.8. The van der Waals surface area contributed by atoms with Crippen molar-refractivity contribution in [1.29, 1.82) is 5.26 Å². The zero-order valence-corrected chi connectivity index (χ0v) is 11.9. The van der Waals surface area contributed by atoms with E-state index in [1.807, 2.05) is 6.07 Å². The molecule has 1 aliphatic rings. The van der Waals surface area contributed by atoms with E-state index in [-0.39, 0.29) is 6.61 Å². The molecule has 0 amide bonds. The molecule has 1 unspecified atom stereocenters. The first-order valence-corrected chi connectivity index (χ1v) is 7.20. The van der Waals surface area contributed by atoms with Crippen LogP contribution in [-0.2, 0) is 0 Å². The molecule has 1 saturated carbocycles. The van der Waals surface area contributed by atoms with Crippen LogP contribution in [0.15, 0.2) is 24.3 Å². The van der Waals surface area contributed by atoms with Gasteiger partial charge in [-0.25, -0.2) is 0 Å². The Morgan fingerprint density at radius 2 is 2.20 bits per heavy atom. The van der Waals surface area contributed by atoms with Crippen LogP contribution in [0.2, 0.25) is 0 Å². The van der Waals surface area contributed by atoms with Gasteiger partial charge in [0.1, 0.15) is 24.5 Å². The average molecular weight is 274 g/mol. The number of aliphatic hydroxyl groups excluding tert-OH is 1. The average Bonchev–Trinajstić information content (AvgIpc) is 3.26. The van der Waals surface area contributed by atoms with E-state index in [2.05, 4.69) is 18.3 Å². The van der Waals surface area contributed by atoms with Gasteiger partial charge in [0, 0.05) is 13.1 Å². The predicted molar refractivity (Wildman–Crippen MR) is 77.5 cm³/mol. The highest BCUT2D eigenvalue weighted by Crippen LogP contribution is 2.47. The van der Waals surface area contributed by atoms with Crippen molar-refractivity contribution in [2.45, 2.75) is 32.3 Å². The van der Waals surface area contributed by atoms with Crippen molar-refractivity contribution in [2.75, 3.05) is 19.7 Å². The molecule has 0 heterocycles. The Morgan fingerprint density at radius 1 is 1.45 bits per heavy atom. The van der Waals surface area contributed by atoms with Gasteiger partial charge in [0.2, 0.25) is 0 Å². The van der Waals surface area contributed by atoms with Crippen LogP contribution in [0.25, 0.3) is 0 Å². The standard InChI is InChI=1S/C16H22N2O2/c1-2-16(7-8-16)12-18-10-14(19)11-20-15-6-4-3-5-13(15)9-17/h3-6,14,18-19H,2,7-8,10-12H2,1H3. The summed E-state index contributed by atoms with van der Waals surface area (Å²) in [4.78, 5) is 0. The monoisotopic (exact) mass is 274 g/mol. The van der Waals surface area contributed by atoms with E-state index in [1.54, 1.807) is 18.2 Å². The molecule has 20 heavy (non-hydrogen) atoms. The second kappa shape index (κ2) is 6.74. The summed E-state index contributed by atoms with van der Waals surface area (Å²) in [7, 11) is 0. The van der Waals surface area contributed by atoms with Crippen LogP contribution in [0.3, 0.4) is 0 Å². The summed E-state index contributed by atoms with van der Waals surface area (Å²) in [5, 5.41) is 22.1. The number of nitriles is 1. The molecule has 108 valence electrons. The van der Waals surface area contributed by atoms with Crippen molar-refractivity contribution in [3.63, 3.8) is 0 Å². The maximum atomic E-state index is 9.89. The third-order valence-electron chi connectivity index (χ3n) is 4.03. The van der Waals surface area contributed by atoms with E-state index in [1.165, 1.54) is 19.3 Å². The van der Waals surface area contributed by atoms with Gasteiger partial charge < -0.3 is 15.2 Å². The van der Waals surface area contributed by atoms with Gasteiger partial charge in [-0.15, -0.1) is 0 Å². The summed E-state index contributed by atoms with van der Waals surface area (Å²) >= 11 is 0. The molecule has 1 aromatic rings. The first-order chi connectivity index (χ1) is 9.69. The largest absolute Gasteiger partial charge is 0.489 e. The summed E-state index contributed by atoms with van der Waals surface area (Å²) in [6, 6.07) is 9.14. The molecule has 0 radical (unpaired) electrons. The minimum absolute atomic E-state index is 0.199. The Hall–Kier alpha value is -1.57. The molecule has 0 bridgehead atoms.